The number of aromatic nitrogens is 1. The SMILES string of the molecule is Cc1ccnc(CC(N)=O)c1O. The summed E-state index contributed by atoms with van der Waals surface area (Å²) in [6.07, 6.45) is 1.51. The number of amides is 1. The van der Waals surface area contributed by atoms with Crippen LogP contribution in [-0.2, 0) is 11.2 Å². The fourth-order valence-corrected chi connectivity index (χ4v) is 0.901. The average molecular weight is 166 g/mol. The molecule has 0 spiro atoms. The smallest absolute Gasteiger partial charge is 0.223 e. The first kappa shape index (κ1) is 8.52. The van der Waals surface area contributed by atoms with Crippen LogP contribution >= 0.6 is 0 Å². The maximum atomic E-state index is 10.5. The van der Waals surface area contributed by atoms with Crippen LogP contribution in [0.15, 0.2) is 12.3 Å². The molecule has 1 amide bonds. The van der Waals surface area contributed by atoms with Crippen molar-refractivity contribution in [1.29, 1.82) is 0 Å². The lowest BCUT2D eigenvalue weighted by Gasteiger charge is -2.02. The molecule has 0 unspecified atom stereocenters. The fourth-order valence-electron chi connectivity index (χ4n) is 0.901. The van der Waals surface area contributed by atoms with Crippen LogP contribution in [0.1, 0.15) is 11.3 Å². The van der Waals surface area contributed by atoms with Gasteiger partial charge in [-0.2, -0.15) is 0 Å². The van der Waals surface area contributed by atoms with E-state index in [0.29, 0.717) is 11.3 Å². The number of nitrogens with two attached hydrogens (primary N) is 1. The highest BCUT2D eigenvalue weighted by Gasteiger charge is 2.07. The second-order valence-electron chi connectivity index (χ2n) is 2.57. The van der Waals surface area contributed by atoms with E-state index in [2.05, 4.69) is 4.98 Å². The average Bonchev–Trinajstić information content (AvgIpc) is 1.98. The summed E-state index contributed by atoms with van der Waals surface area (Å²) in [4.78, 5) is 14.3. The van der Waals surface area contributed by atoms with E-state index in [1.807, 2.05) is 0 Å². The van der Waals surface area contributed by atoms with Crippen molar-refractivity contribution in [2.24, 2.45) is 5.73 Å². The highest BCUT2D eigenvalue weighted by molar-refractivity contribution is 5.76. The third-order valence-corrected chi connectivity index (χ3v) is 1.54. The first-order chi connectivity index (χ1) is 5.61. The van der Waals surface area contributed by atoms with Gasteiger partial charge in [-0.3, -0.25) is 9.78 Å². The van der Waals surface area contributed by atoms with Gasteiger partial charge in [0.2, 0.25) is 5.91 Å². The summed E-state index contributed by atoms with van der Waals surface area (Å²) in [5.41, 5.74) is 5.98. The Hall–Kier alpha value is -1.58. The van der Waals surface area contributed by atoms with Crippen LogP contribution in [0.4, 0.5) is 0 Å². The number of aromatic hydroxyl groups is 1. The lowest BCUT2D eigenvalue weighted by molar-refractivity contribution is -0.117. The summed E-state index contributed by atoms with van der Waals surface area (Å²) in [5.74, 6) is -0.445. The maximum absolute atomic E-state index is 10.5. The molecule has 0 saturated carbocycles. The van der Waals surface area contributed by atoms with Crippen LogP contribution in [0.25, 0.3) is 0 Å². The predicted octanol–water partition coefficient (Wildman–Crippen LogP) is 0.123. The summed E-state index contributed by atoms with van der Waals surface area (Å²) in [6, 6.07) is 1.67. The van der Waals surface area contributed by atoms with Gasteiger partial charge in [0.15, 0.2) is 0 Å². The zero-order valence-corrected chi connectivity index (χ0v) is 6.74. The summed E-state index contributed by atoms with van der Waals surface area (Å²) in [7, 11) is 0. The number of pyridine rings is 1. The van der Waals surface area contributed by atoms with Crippen molar-refractivity contribution in [1.82, 2.24) is 4.98 Å². The third-order valence-electron chi connectivity index (χ3n) is 1.54. The standard InChI is InChI=1S/C8H10N2O2/c1-5-2-3-10-6(8(5)12)4-7(9)11/h2-3,12H,4H2,1H3,(H2,9,11). The molecule has 3 N–H and O–H groups in total. The van der Waals surface area contributed by atoms with Crippen molar-refractivity contribution >= 4 is 5.91 Å². The maximum Gasteiger partial charge on any atom is 0.223 e. The summed E-state index contributed by atoms with van der Waals surface area (Å²) in [6.45, 7) is 1.74. The Morgan fingerprint density at radius 3 is 3.00 bits per heavy atom. The lowest BCUT2D eigenvalue weighted by Crippen LogP contribution is -2.14. The first-order valence-electron chi connectivity index (χ1n) is 3.53. The zero-order valence-electron chi connectivity index (χ0n) is 6.74. The molecular weight excluding hydrogens is 156 g/mol. The zero-order chi connectivity index (χ0) is 9.14. The van der Waals surface area contributed by atoms with Crippen molar-refractivity contribution in [2.45, 2.75) is 13.3 Å². The number of carbonyl (C=O) groups excluding carboxylic acids is 1. The van der Waals surface area contributed by atoms with E-state index in [4.69, 9.17) is 5.73 Å². The fraction of sp³-hybridized carbons (Fsp3) is 0.250. The van der Waals surface area contributed by atoms with Crippen LogP contribution < -0.4 is 5.73 Å². The number of nitrogens with zero attached hydrogens (tertiary/aromatic N) is 1. The molecule has 1 heterocycles. The summed E-state index contributed by atoms with van der Waals surface area (Å²) >= 11 is 0. The Labute approximate surface area is 70.0 Å². The van der Waals surface area contributed by atoms with Crippen molar-refractivity contribution in [3.63, 3.8) is 0 Å². The predicted molar refractivity (Wildman–Crippen MR) is 43.5 cm³/mol. The molecule has 0 radical (unpaired) electrons. The molecule has 0 bridgehead atoms. The number of hydrogen-bond donors (Lipinski definition) is 2. The monoisotopic (exact) mass is 166 g/mol. The Bertz CT molecular complexity index is 310. The van der Waals surface area contributed by atoms with Gasteiger partial charge in [-0.25, -0.2) is 0 Å². The Balaban J connectivity index is 3.00. The molecule has 0 aliphatic heterocycles. The van der Waals surface area contributed by atoms with Gasteiger partial charge in [0, 0.05) is 6.20 Å². The van der Waals surface area contributed by atoms with Crippen molar-refractivity contribution in [2.75, 3.05) is 0 Å². The highest BCUT2D eigenvalue weighted by atomic mass is 16.3. The number of aryl methyl sites for hydroxylation is 1. The second-order valence-corrected chi connectivity index (χ2v) is 2.57. The van der Waals surface area contributed by atoms with Crippen LogP contribution in [-0.4, -0.2) is 16.0 Å². The van der Waals surface area contributed by atoms with E-state index in [1.54, 1.807) is 13.0 Å². The number of primary amides is 1. The molecule has 1 aromatic heterocycles. The highest BCUT2D eigenvalue weighted by Crippen LogP contribution is 2.18. The molecule has 0 aliphatic rings. The van der Waals surface area contributed by atoms with Crippen molar-refractivity contribution < 1.29 is 9.90 Å². The number of carbonyl (C=O) groups is 1. The molecule has 12 heavy (non-hydrogen) atoms. The van der Waals surface area contributed by atoms with Gasteiger partial charge in [-0.15, -0.1) is 0 Å². The summed E-state index contributed by atoms with van der Waals surface area (Å²) in [5, 5.41) is 9.38. The largest absolute Gasteiger partial charge is 0.506 e. The normalized spacial score (nSPS) is 9.75. The first-order valence-corrected chi connectivity index (χ1v) is 3.53. The minimum Gasteiger partial charge on any atom is -0.506 e. The van der Waals surface area contributed by atoms with E-state index < -0.39 is 5.91 Å². The van der Waals surface area contributed by atoms with E-state index >= 15 is 0 Å². The molecule has 0 fully saturated rings. The van der Waals surface area contributed by atoms with Gasteiger partial charge in [-0.1, -0.05) is 0 Å². The quantitative estimate of drug-likeness (QED) is 0.655. The van der Waals surface area contributed by atoms with Gasteiger partial charge in [-0.05, 0) is 18.6 Å². The molecule has 0 aromatic carbocycles. The van der Waals surface area contributed by atoms with E-state index in [0.717, 1.165) is 0 Å². The van der Waals surface area contributed by atoms with Gasteiger partial charge in [0.1, 0.15) is 5.75 Å². The number of rotatable bonds is 2. The molecule has 4 heteroatoms. The molecule has 1 rings (SSSR count). The topological polar surface area (TPSA) is 76.2 Å². The van der Waals surface area contributed by atoms with Gasteiger partial charge in [0.05, 0.1) is 12.1 Å². The Kier molecular flexibility index (Phi) is 2.28. The molecule has 0 atom stereocenters. The minimum atomic E-state index is -0.497. The molecule has 1 aromatic rings. The van der Waals surface area contributed by atoms with E-state index in [-0.39, 0.29) is 12.2 Å². The summed E-state index contributed by atoms with van der Waals surface area (Å²) < 4.78 is 0. The van der Waals surface area contributed by atoms with Crippen molar-refractivity contribution in [3.05, 3.63) is 23.5 Å². The van der Waals surface area contributed by atoms with Crippen LogP contribution in [0.5, 0.6) is 5.75 Å². The van der Waals surface area contributed by atoms with Gasteiger partial charge in [0.25, 0.3) is 0 Å². The minimum absolute atomic E-state index is 0.0203. The molecule has 0 aliphatic carbocycles. The van der Waals surface area contributed by atoms with E-state index in [1.165, 1.54) is 6.20 Å². The van der Waals surface area contributed by atoms with E-state index in [9.17, 15) is 9.90 Å². The second kappa shape index (κ2) is 3.21. The molecule has 0 saturated heterocycles. The van der Waals surface area contributed by atoms with Crippen molar-refractivity contribution in [3.8, 4) is 5.75 Å². The van der Waals surface area contributed by atoms with Crippen LogP contribution in [0.2, 0.25) is 0 Å². The van der Waals surface area contributed by atoms with Crippen LogP contribution in [0.3, 0.4) is 0 Å². The molecule has 64 valence electrons. The van der Waals surface area contributed by atoms with Gasteiger partial charge < -0.3 is 10.8 Å². The number of hydrogen-bond acceptors (Lipinski definition) is 3. The molecular formula is C8H10N2O2. The third kappa shape index (κ3) is 1.72. The van der Waals surface area contributed by atoms with Crippen LogP contribution in [0, 0.1) is 6.92 Å². The lowest BCUT2D eigenvalue weighted by atomic mass is 10.2. The molecule has 4 nitrogen and oxygen atoms in total. The Morgan fingerprint density at radius 1 is 1.75 bits per heavy atom. The Morgan fingerprint density at radius 2 is 2.42 bits per heavy atom. The van der Waals surface area contributed by atoms with Gasteiger partial charge >= 0.3 is 0 Å².